The standard InChI is InChI=1S/C23H22Si/c1-24(22-16-7-3-8-17-22,23-18-9-4-10-19-23)20-12-11-15-21-13-5-2-6-14-21/h2-10,13-14,16-19H,11,15H2,1H3. The molecule has 0 heterocycles. The summed E-state index contributed by atoms with van der Waals surface area (Å²) in [5.41, 5.74) is 5.04. The second kappa shape index (κ2) is 7.81. The number of benzene rings is 3. The first-order valence-electron chi connectivity index (χ1n) is 8.44. The number of hydrogen-bond acceptors (Lipinski definition) is 0. The van der Waals surface area contributed by atoms with Crippen LogP contribution in [0.5, 0.6) is 0 Å². The summed E-state index contributed by atoms with van der Waals surface area (Å²) >= 11 is 0. The maximum atomic E-state index is 3.69. The van der Waals surface area contributed by atoms with E-state index < -0.39 is 8.07 Å². The predicted molar refractivity (Wildman–Crippen MR) is 106 cm³/mol. The molecule has 0 fully saturated rings. The summed E-state index contributed by atoms with van der Waals surface area (Å²) in [6.07, 6.45) is 1.92. The molecule has 0 atom stereocenters. The van der Waals surface area contributed by atoms with Crippen LogP contribution in [0.3, 0.4) is 0 Å². The van der Waals surface area contributed by atoms with E-state index in [1.54, 1.807) is 0 Å². The maximum absolute atomic E-state index is 3.69. The average Bonchev–Trinajstić information content (AvgIpc) is 2.67. The van der Waals surface area contributed by atoms with E-state index >= 15 is 0 Å². The molecule has 0 aromatic heterocycles. The van der Waals surface area contributed by atoms with Gasteiger partial charge in [-0.05, 0) is 22.4 Å². The van der Waals surface area contributed by atoms with Gasteiger partial charge in [-0.1, -0.05) is 97.5 Å². The van der Waals surface area contributed by atoms with Gasteiger partial charge in [0.1, 0.15) is 0 Å². The van der Waals surface area contributed by atoms with E-state index in [9.17, 15) is 0 Å². The van der Waals surface area contributed by atoms with Crippen LogP contribution in [0, 0.1) is 11.5 Å². The Morgan fingerprint density at radius 2 is 1.12 bits per heavy atom. The lowest BCUT2D eigenvalue weighted by atomic mass is 10.1. The lowest BCUT2D eigenvalue weighted by Crippen LogP contribution is -2.54. The molecular weight excluding hydrogens is 304 g/mol. The largest absolute Gasteiger partial charge is 0.196 e. The van der Waals surface area contributed by atoms with Gasteiger partial charge in [-0.15, -0.1) is 11.5 Å². The number of hydrogen-bond donors (Lipinski definition) is 0. The summed E-state index contributed by atoms with van der Waals surface area (Å²) in [5.74, 6) is 3.48. The zero-order valence-corrected chi connectivity index (χ0v) is 15.1. The lowest BCUT2D eigenvalue weighted by Gasteiger charge is -2.22. The van der Waals surface area contributed by atoms with Gasteiger partial charge in [-0.3, -0.25) is 0 Å². The molecule has 0 aliphatic carbocycles. The maximum Gasteiger partial charge on any atom is 0.196 e. The minimum Gasteiger partial charge on any atom is -0.120 e. The zero-order valence-electron chi connectivity index (χ0n) is 14.1. The molecule has 118 valence electrons. The molecule has 0 nitrogen and oxygen atoms in total. The molecule has 0 spiro atoms. The van der Waals surface area contributed by atoms with Crippen LogP contribution >= 0.6 is 0 Å². The van der Waals surface area contributed by atoms with Crippen molar-refractivity contribution in [3.05, 3.63) is 96.6 Å². The van der Waals surface area contributed by atoms with Crippen LogP contribution < -0.4 is 10.4 Å². The Labute approximate surface area is 146 Å². The van der Waals surface area contributed by atoms with Crippen LogP contribution in [-0.2, 0) is 6.42 Å². The molecule has 0 bridgehead atoms. The van der Waals surface area contributed by atoms with Gasteiger partial charge < -0.3 is 0 Å². The van der Waals surface area contributed by atoms with Crippen molar-refractivity contribution in [2.45, 2.75) is 19.4 Å². The SMILES string of the molecule is C[Si](C#CCCc1ccccc1)(c1ccccc1)c1ccccc1. The smallest absolute Gasteiger partial charge is 0.120 e. The van der Waals surface area contributed by atoms with E-state index in [0.29, 0.717) is 0 Å². The average molecular weight is 327 g/mol. The fourth-order valence-electron chi connectivity index (χ4n) is 2.94. The van der Waals surface area contributed by atoms with Crippen LogP contribution in [0.25, 0.3) is 0 Å². The minimum absolute atomic E-state index is 0.909. The van der Waals surface area contributed by atoms with Gasteiger partial charge >= 0.3 is 0 Å². The highest BCUT2D eigenvalue weighted by Crippen LogP contribution is 2.06. The highest BCUT2D eigenvalue weighted by Gasteiger charge is 2.29. The first kappa shape index (κ1) is 16.3. The van der Waals surface area contributed by atoms with E-state index in [2.05, 4.69) is 109 Å². The van der Waals surface area contributed by atoms with Crippen LogP contribution in [0.4, 0.5) is 0 Å². The molecule has 0 unspecified atom stereocenters. The molecule has 3 aromatic carbocycles. The van der Waals surface area contributed by atoms with E-state index in [4.69, 9.17) is 0 Å². The van der Waals surface area contributed by atoms with E-state index in [0.717, 1.165) is 12.8 Å². The van der Waals surface area contributed by atoms with E-state index in [1.165, 1.54) is 15.9 Å². The number of rotatable bonds is 4. The fraction of sp³-hybridized carbons (Fsp3) is 0.130. The Morgan fingerprint density at radius 3 is 1.62 bits per heavy atom. The third-order valence-corrected chi connectivity index (χ3v) is 8.08. The van der Waals surface area contributed by atoms with Crippen molar-refractivity contribution in [3.8, 4) is 11.5 Å². The van der Waals surface area contributed by atoms with Gasteiger partial charge in [0, 0.05) is 6.42 Å². The van der Waals surface area contributed by atoms with Crippen molar-refractivity contribution in [1.29, 1.82) is 0 Å². The Bertz CT molecular complexity index is 772. The van der Waals surface area contributed by atoms with Crippen molar-refractivity contribution in [1.82, 2.24) is 0 Å². The molecular formula is C23H22Si. The fourth-order valence-corrected chi connectivity index (χ4v) is 5.76. The molecule has 0 saturated heterocycles. The van der Waals surface area contributed by atoms with Crippen LogP contribution in [0.2, 0.25) is 6.55 Å². The molecule has 0 aliphatic rings. The molecule has 24 heavy (non-hydrogen) atoms. The molecule has 0 aliphatic heterocycles. The Kier molecular flexibility index (Phi) is 5.31. The van der Waals surface area contributed by atoms with Gasteiger partial charge in [0.25, 0.3) is 0 Å². The van der Waals surface area contributed by atoms with Crippen LogP contribution in [0.15, 0.2) is 91.0 Å². The normalized spacial score (nSPS) is 10.7. The Hall–Kier alpha value is -2.56. The monoisotopic (exact) mass is 326 g/mol. The highest BCUT2D eigenvalue weighted by atomic mass is 28.3. The van der Waals surface area contributed by atoms with E-state index in [1.807, 2.05) is 0 Å². The Morgan fingerprint density at radius 1 is 0.667 bits per heavy atom. The topological polar surface area (TPSA) is 0 Å². The van der Waals surface area contributed by atoms with Crippen LogP contribution in [0.1, 0.15) is 12.0 Å². The molecule has 0 radical (unpaired) electrons. The van der Waals surface area contributed by atoms with Crippen LogP contribution in [-0.4, -0.2) is 8.07 Å². The third kappa shape index (κ3) is 3.85. The molecule has 0 amide bonds. The van der Waals surface area contributed by atoms with Gasteiger partial charge in [0.2, 0.25) is 0 Å². The quantitative estimate of drug-likeness (QED) is 0.501. The molecule has 0 saturated carbocycles. The molecule has 0 N–H and O–H groups in total. The predicted octanol–water partition coefficient (Wildman–Crippen LogP) is 4.05. The highest BCUT2D eigenvalue weighted by molar-refractivity contribution is 7.07. The summed E-state index contributed by atoms with van der Waals surface area (Å²) in [7, 11) is -2.00. The molecule has 3 rings (SSSR count). The minimum atomic E-state index is -2.00. The molecule has 1 heteroatoms. The van der Waals surface area contributed by atoms with E-state index in [-0.39, 0.29) is 0 Å². The Balaban J connectivity index is 1.86. The van der Waals surface area contributed by atoms with Gasteiger partial charge in [0.05, 0.1) is 0 Å². The summed E-state index contributed by atoms with van der Waals surface area (Å²) < 4.78 is 0. The van der Waals surface area contributed by atoms with Gasteiger partial charge in [-0.25, -0.2) is 0 Å². The lowest BCUT2D eigenvalue weighted by molar-refractivity contribution is 1.03. The van der Waals surface area contributed by atoms with Gasteiger partial charge in [-0.2, -0.15) is 0 Å². The van der Waals surface area contributed by atoms with Crippen molar-refractivity contribution in [2.75, 3.05) is 0 Å². The van der Waals surface area contributed by atoms with Crippen molar-refractivity contribution >= 4 is 18.4 Å². The second-order valence-electron chi connectivity index (χ2n) is 6.14. The van der Waals surface area contributed by atoms with Crippen molar-refractivity contribution in [3.63, 3.8) is 0 Å². The summed E-state index contributed by atoms with van der Waals surface area (Å²) in [6, 6.07) is 32.1. The first-order chi connectivity index (χ1) is 11.8. The van der Waals surface area contributed by atoms with Gasteiger partial charge in [0.15, 0.2) is 8.07 Å². The third-order valence-electron chi connectivity index (χ3n) is 4.42. The van der Waals surface area contributed by atoms with Crippen molar-refractivity contribution in [2.24, 2.45) is 0 Å². The summed E-state index contributed by atoms with van der Waals surface area (Å²) in [6.45, 7) is 2.35. The zero-order chi connectivity index (χ0) is 16.7. The first-order valence-corrected chi connectivity index (χ1v) is 10.9. The molecule has 3 aromatic rings. The summed E-state index contributed by atoms with van der Waals surface area (Å²) in [4.78, 5) is 0. The summed E-state index contributed by atoms with van der Waals surface area (Å²) in [5, 5.41) is 2.76. The number of aryl methyl sites for hydroxylation is 1. The second-order valence-corrected chi connectivity index (χ2v) is 9.80. The van der Waals surface area contributed by atoms with Crippen molar-refractivity contribution < 1.29 is 0 Å².